The number of benzene rings is 1. The van der Waals surface area contributed by atoms with Crippen molar-refractivity contribution in [2.75, 3.05) is 31.1 Å². The zero-order valence-electron chi connectivity index (χ0n) is 12.6. The Morgan fingerprint density at radius 1 is 1.10 bits per heavy atom. The third-order valence-electron chi connectivity index (χ3n) is 4.19. The van der Waals surface area contributed by atoms with Gasteiger partial charge in [0.05, 0.1) is 0 Å². The van der Waals surface area contributed by atoms with Gasteiger partial charge in [-0.3, -0.25) is 0 Å². The average Bonchev–Trinajstić information content (AvgIpc) is 2.94. The fourth-order valence-corrected chi connectivity index (χ4v) is 3.71. The molecule has 0 bridgehead atoms. The summed E-state index contributed by atoms with van der Waals surface area (Å²) in [5, 5.41) is 7.98. The lowest BCUT2D eigenvalue weighted by atomic mass is 10.1. The van der Waals surface area contributed by atoms with Crippen molar-refractivity contribution in [3.8, 4) is 0 Å². The molecule has 0 saturated heterocycles. The molecular formula is C18H24N2S. The standard InChI is InChI=1S/C18H24N2S/c1-2-7-18-17(5-1)6-3-4-12-20(18)13-11-19-10-8-16-9-14-21-15-16/h1-2,5,7,9,14-15,19H,3-4,6,8,10-13H2. The molecule has 1 N–H and O–H groups in total. The van der Waals surface area contributed by atoms with E-state index < -0.39 is 0 Å². The maximum atomic E-state index is 3.59. The minimum Gasteiger partial charge on any atom is -0.370 e. The highest BCUT2D eigenvalue weighted by Gasteiger charge is 2.13. The molecule has 2 heterocycles. The van der Waals surface area contributed by atoms with Gasteiger partial charge >= 0.3 is 0 Å². The van der Waals surface area contributed by atoms with E-state index in [0.717, 1.165) is 26.1 Å². The van der Waals surface area contributed by atoms with Gasteiger partial charge in [0.2, 0.25) is 0 Å². The van der Waals surface area contributed by atoms with Gasteiger partial charge < -0.3 is 10.2 Å². The summed E-state index contributed by atoms with van der Waals surface area (Å²) in [5.41, 5.74) is 4.43. The Kier molecular flexibility index (Phi) is 5.30. The zero-order chi connectivity index (χ0) is 14.3. The summed E-state index contributed by atoms with van der Waals surface area (Å²) < 4.78 is 0. The van der Waals surface area contributed by atoms with Crippen molar-refractivity contribution in [3.63, 3.8) is 0 Å². The summed E-state index contributed by atoms with van der Waals surface area (Å²) in [6.07, 6.45) is 5.00. The van der Waals surface area contributed by atoms with Gasteiger partial charge in [-0.25, -0.2) is 0 Å². The lowest BCUT2D eigenvalue weighted by molar-refractivity contribution is 0.645. The number of hydrogen-bond acceptors (Lipinski definition) is 3. The number of nitrogens with one attached hydrogen (secondary N) is 1. The van der Waals surface area contributed by atoms with Crippen LogP contribution < -0.4 is 10.2 Å². The Morgan fingerprint density at radius 2 is 2.05 bits per heavy atom. The lowest BCUT2D eigenvalue weighted by Gasteiger charge is -2.25. The normalized spacial score (nSPS) is 14.8. The van der Waals surface area contributed by atoms with E-state index in [9.17, 15) is 0 Å². The molecule has 112 valence electrons. The minimum absolute atomic E-state index is 1.07. The van der Waals surface area contributed by atoms with Crippen molar-refractivity contribution in [2.24, 2.45) is 0 Å². The highest BCUT2D eigenvalue weighted by molar-refractivity contribution is 7.07. The first-order valence-electron chi connectivity index (χ1n) is 7.98. The highest BCUT2D eigenvalue weighted by atomic mass is 32.1. The fourth-order valence-electron chi connectivity index (χ4n) is 3.01. The van der Waals surface area contributed by atoms with Crippen LogP contribution in [0.1, 0.15) is 24.0 Å². The van der Waals surface area contributed by atoms with E-state index >= 15 is 0 Å². The van der Waals surface area contributed by atoms with Crippen LogP contribution in [0, 0.1) is 0 Å². The van der Waals surface area contributed by atoms with Gasteiger partial charge in [0.1, 0.15) is 0 Å². The van der Waals surface area contributed by atoms with E-state index in [1.165, 1.54) is 42.6 Å². The largest absolute Gasteiger partial charge is 0.370 e. The summed E-state index contributed by atoms with van der Waals surface area (Å²) in [6, 6.07) is 11.1. The Hall–Kier alpha value is -1.32. The van der Waals surface area contributed by atoms with Gasteiger partial charge in [-0.2, -0.15) is 11.3 Å². The molecule has 0 unspecified atom stereocenters. The molecule has 1 aliphatic rings. The van der Waals surface area contributed by atoms with Crippen LogP contribution in [0.5, 0.6) is 0 Å². The number of fused-ring (bicyclic) bond motifs is 1. The summed E-state index contributed by atoms with van der Waals surface area (Å²) in [5.74, 6) is 0. The number of nitrogens with zero attached hydrogens (tertiary/aromatic N) is 1. The lowest BCUT2D eigenvalue weighted by Crippen LogP contribution is -2.33. The third kappa shape index (κ3) is 4.08. The summed E-state index contributed by atoms with van der Waals surface area (Å²) in [7, 11) is 0. The first-order valence-corrected chi connectivity index (χ1v) is 8.92. The Labute approximate surface area is 131 Å². The van der Waals surface area contributed by atoms with Crippen molar-refractivity contribution < 1.29 is 0 Å². The average molecular weight is 300 g/mol. The SMILES string of the molecule is c1ccc2c(c1)CCCCN2CCNCCc1ccsc1. The zero-order valence-corrected chi connectivity index (χ0v) is 13.4. The second-order valence-corrected chi connectivity index (χ2v) is 6.48. The van der Waals surface area contributed by atoms with E-state index in [1.807, 2.05) is 0 Å². The van der Waals surface area contributed by atoms with Crippen molar-refractivity contribution in [1.29, 1.82) is 0 Å². The maximum Gasteiger partial charge on any atom is 0.0399 e. The van der Waals surface area contributed by atoms with Crippen LogP contribution in [0.3, 0.4) is 0 Å². The quantitative estimate of drug-likeness (QED) is 0.818. The predicted molar refractivity (Wildman–Crippen MR) is 92.5 cm³/mol. The van der Waals surface area contributed by atoms with Crippen molar-refractivity contribution in [2.45, 2.75) is 25.7 Å². The van der Waals surface area contributed by atoms with Crippen LogP contribution in [0.4, 0.5) is 5.69 Å². The number of rotatable bonds is 6. The molecule has 3 heteroatoms. The van der Waals surface area contributed by atoms with Crippen molar-refractivity contribution in [3.05, 3.63) is 52.2 Å². The number of para-hydroxylation sites is 1. The second kappa shape index (κ2) is 7.62. The number of hydrogen-bond donors (Lipinski definition) is 1. The summed E-state index contributed by atoms with van der Waals surface area (Å²) in [6.45, 7) is 4.45. The topological polar surface area (TPSA) is 15.3 Å². The van der Waals surface area contributed by atoms with Crippen LogP contribution in [-0.2, 0) is 12.8 Å². The highest BCUT2D eigenvalue weighted by Crippen LogP contribution is 2.25. The smallest absolute Gasteiger partial charge is 0.0399 e. The maximum absolute atomic E-state index is 3.59. The predicted octanol–water partition coefficient (Wildman–Crippen LogP) is 3.72. The molecule has 21 heavy (non-hydrogen) atoms. The molecule has 1 aliphatic heterocycles. The van der Waals surface area contributed by atoms with Crippen molar-refractivity contribution >= 4 is 17.0 Å². The van der Waals surface area contributed by atoms with Gasteiger partial charge in [-0.15, -0.1) is 0 Å². The Bertz CT molecular complexity index is 536. The summed E-state index contributed by atoms with van der Waals surface area (Å²) in [4.78, 5) is 2.56. The first kappa shape index (κ1) is 14.6. The van der Waals surface area contributed by atoms with E-state index in [1.54, 1.807) is 11.3 Å². The Morgan fingerprint density at radius 3 is 2.95 bits per heavy atom. The molecule has 3 rings (SSSR count). The molecule has 0 aliphatic carbocycles. The monoisotopic (exact) mass is 300 g/mol. The minimum atomic E-state index is 1.07. The molecule has 0 saturated carbocycles. The molecule has 0 fully saturated rings. The Balaban J connectivity index is 1.46. The van der Waals surface area contributed by atoms with Gasteiger partial charge in [-0.1, -0.05) is 18.2 Å². The van der Waals surface area contributed by atoms with E-state index in [-0.39, 0.29) is 0 Å². The van der Waals surface area contributed by atoms with Gasteiger partial charge in [-0.05, 0) is 66.2 Å². The first-order chi connectivity index (χ1) is 10.4. The van der Waals surface area contributed by atoms with Crippen LogP contribution in [0.2, 0.25) is 0 Å². The van der Waals surface area contributed by atoms with Crippen LogP contribution in [0.15, 0.2) is 41.1 Å². The van der Waals surface area contributed by atoms with Crippen LogP contribution >= 0.6 is 11.3 Å². The molecular weight excluding hydrogens is 276 g/mol. The van der Waals surface area contributed by atoms with Gasteiger partial charge in [0.25, 0.3) is 0 Å². The number of thiophene rings is 1. The fraction of sp³-hybridized carbons (Fsp3) is 0.444. The second-order valence-electron chi connectivity index (χ2n) is 5.70. The molecule has 0 spiro atoms. The van der Waals surface area contributed by atoms with E-state index in [2.05, 4.69) is 51.3 Å². The van der Waals surface area contributed by atoms with Crippen molar-refractivity contribution in [1.82, 2.24) is 5.32 Å². The number of anilines is 1. The van der Waals surface area contributed by atoms with Gasteiger partial charge in [0, 0.05) is 25.3 Å². The molecule has 2 nitrogen and oxygen atoms in total. The summed E-state index contributed by atoms with van der Waals surface area (Å²) >= 11 is 1.78. The third-order valence-corrected chi connectivity index (χ3v) is 4.92. The van der Waals surface area contributed by atoms with Gasteiger partial charge in [0.15, 0.2) is 0 Å². The number of aryl methyl sites for hydroxylation is 1. The van der Waals surface area contributed by atoms with E-state index in [0.29, 0.717) is 0 Å². The van der Waals surface area contributed by atoms with E-state index in [4.69, 9.17) is 0 Å². The molecule has 0 amide bonds. The molecule has 2 aromatic rings. The molecule has 1 aromatic carbocycles. The molecule has 0 radical (unpaired) electrons. The molecule has 0 atom stereocenters. The molecule has 1 aromatic heterocycles. The van der Waals surface area contributed by atoms with Crippen LogP contribution in [-0.4, -0.2) is 26.2 Å². The van der Waals surface area contributed by atoms with Crippen LogP contribution in [0.25, 0.3) is 0 Å².